The van der Waals surface area contributed by atoms with Crippen LogP contribution in [0.4, 0.5) is 5.69 Å². The molecule has 2 aliphatic rings. The fourth-order valence-electron chi connectivity index (χ4n) is 3.13. The molecule has 122 valence electrons. The maximum absolute atomic E-state index is 11.8. The van der Waals surface area contributed by atoms with E-state index in [0.717, 1.165) is 11.3 Å². The summed E-state index contributed by atoms with van der Waals surface area (Å²) >= 11 is 0. The molecule has 1 aromatic carbocycles. The average molecular weight is 316 g/mol. The molecule has 3 rings (SSSR count). The van der Waals surface area contributed by atoms with Crippen molar-refractivity contribution < 1.29 is 14.4 Å². The number of benzene rings is 1. The molecular weight excluding hydrogens is 296 g/mol. The molecule has 0 aliphatic carbocycles. The minimum atomic E-state index is -0.509. The standard InChI is InChI=1S/C16H20N4O3/c1-11(21)18-14-5-3-2-4-12(14)9-19-6-7-20-13(10-19)8-17-15(22)16(20)23/h2-5,13H,6-10H2,1H3,(H,17,22)(H,18,21)/t13-/m1/s1. The number of rotatable bonds is 3. The van der Waals surface area contributed by atoms with Crippen LogP contribution in [0.1, 0.15) is 12.5 Å². The number of amides is 3. The van der Waals surface area contributed by atoms with Crippen LogP contribution in [-0.4, -0.2) is 59.7 Å². The van der Waals surface area contributed by atoms with Gasteiger partial charge in [0.25, 0.3) is 0 Å². The van der Waals surface area contributed by atoms with Crippen molar-refractivity contribution in [3.63, 3.8) is 0 Å². The van der Waals surface area contributed by atoms with E-state index in [9.17, 15) is 14.4 Å². The van der Waals surface area contributed by atoms with Crippen molar-refractivity contribution in [3.05, 3.63) is 29.8 Å². The van der Waals surface area contributed by atoms with E-state index in [2.05, 4.69) is 15.5 Å². The topological polar surface area (TPSA) is 81.8 Å². The Morgan fingerprint density at radius 2 is 2.09 bits per heavy atom. The first kappa shape index (κ1) is 15.5. The Bertz CT molecular complexity index is 646. The number of nitrogens with one attached hydrogen (secondary N) is 2. The van der Waals surface area contributed by atoms with Crippen molar-refractivity contribution in [3.8, 4) is 0 Å². The van der Waals surface area contributed by atoms with E-state index >= 15 is 0 Å². The lowest BCUT2D eigenvalue weighted by Gasteiger charge is -2.43. The Morgan fingerprint density at radius 3 is 2.87 bits per heavy atom. The zero-order valence-electron chi connectivity index (χ0n) is 13.0. The zero-order valence-corrected chi connectivity index (χ0v) is 13.0. The number of piperazine rings is 2. The highest BCUT2D eigenvalue weighted by Gasteiger charge is 2.37. The summed E-state index contributed by atoms with van der Waals surface area (Å²) in [4.78, 5) is 38.5. The van der Waals surface area contributed by atoms with Crippen molar-refractivity contribution in [1.29, 1.82) is 0 Å². The first-order valence-electron chi connectivity index (χ1n) is 7.71. The second-order valence-electron chi connectivity index (χ2n) is 5.94. The number of para-hydroxylation sites is 1. The lowest BCUT2D eigenvalue weighted by Crippen LogP contribution is -2.65. The lowest BCUT2D eigenvalue weighted by atomic mass is 10.1. The average Bonchev–Trinajstić information content (AvgIpc) is 2.52. The molecule has 2 aliphatic heterocycles. The summed E-state index contributed by atoms with van der Waals surface area (Å²) in [7, 11) is 0. The SMILES string of the molecule is CC(=O)Nc1ccccc1CN1CCN2C(=O)C(=O)NC[C@@H]2C1. The van der Waals surface area contributed by atoms with Gasteiger partial charge in [-0.3, -0.25) is 19.3 Å². The van der Waals surface area contributed by atoms with Gasteiger partial charge in [0.2, 0.25) is 5.91 Å². The molecule has 7 nitrogen and oxygen atoms in total. The predicted octanol–water partition coefficient (Wildman–Crippen LogP) is -0.212. The molecule has 1 aromatic rings. The number of carbonyl (C=O) groups excluding carboxylic acids is 3. The quantitative estimate of drug-likeness (QED) is 0.756. The van der Waals surface area contributed by atoms with Crippen LogP contribution in [0, 0.1) is 0 Å². The number of nitrogens with zero attached hydrogens (tertiary/aromatic N) is 2. The van der Waals surface area contributed by atoms with Crippen molar-refractivity contribution in [2.75, 3.05) is 31.5 Å². The third-order valence-electron chi connectivity index (χ3n) is 4.24. The van der Waals surface area contributed by atoms with Gasteiger partial charge in [-0.1, -0.05) is 18.2 Å². The number of fused-ring (bicyclic) bond motifs is 1. The maximum Gasteiger partial charge on any atom is 0.312 e. The molecule has 3 amide bonds. The second kappa shape index (κ2) is 6.37. The Hall–Kier alpha value is -2.41. The summed E-state index contributed by atoms with van der Waals surface area (Å²) in [5, 5.41) is 5.48. The van der Waals surface area contributed by atoms with Crippen molar-refractivity contribution >= 4 is 23.4 Å². The number of hydrogen-bond acceptors (Lipinski definition) is 4. The highest BCUT2D eigenvalue weighted by molar-refractivity contribution is 6.35. The number of hydrogen-bond donors (Lipinski definition) is 2. The van der Waals surface area contributed by atoms with Crippen LogP contribution in [0.25, 0.3) is 0 Å². The van der Waals surface area contributed by atoms with Crippen LogP contribution in [0.2, 0.25) is 0 Å². The minimum absolute atomic E-state index is 0.0156. The van der Waals surface area contributed by atoms with Gasteiger partial charge in [-0.25, -0.2) is 0 Å². The fraction of sp³-hybridized carbons (Fsp3) is 0.438. The molecule has 2 fully saturated rings. The third kappa shape index (κ3) is 3.34. The van der Waals surface area contributed by atoms with Gasteiger partial charge in [0, 0.05) is 45.3 Å². The molecule has 7 heteroatoms. The highest BCUT2D eigenvalue weighted by atomic mass is 16.2. The van der Waals surface area contributed by atoms with E-state index < -0.39 is 11.8 Å². The minimum Gasteiger partial charge on any atom is -0.346 e. The van der Waals surface area contributed by atoms with Crippen molar-refractivity contribution in [2.45, 2.75) is 19.5 Å². The van der Waals surface area contributed by atoms with Gasteiger partial charge in [-0.05, 0) is 11.6 Å². The summed E-state index contributed by atoms with van der Waals surface area (Å²) < 4.78 is 0. The summed E-state index contributed by atoms with van der Waals surface area (Å²) in [6.07, 6.45) is 0. The molecule has 0 aromatic heterocycles. The van der Waals surface area contributed by atoms with E-state index in [4.69, 9.17) is 0 Å². The van der Waals surface area contributed by atoms with Gasteiger partial charge in [0.15, 0.2) is 0 Å². The molecule has 0 radical (unpaired) electrons. The lowest BCUT2D eigenvalue weighted by molar-refractivity contribution is -0.152. The van der Waals surface area contributed by atoms with Gasteiger partial charge in [0.05, 0.1) is 6.04 Å². The van der Waals surface area contributed by atoms with Crippen molar-refractivity contribution in [1.82, 2.24) is 15.1 Å². The molecule has 23 heavy (non-hydrogen) atoms. The van der Waals surface area contributed by atoms with E-state index in [0.29, 0.717) is 32.7 Å². The van der Waals surface area contributed by atoms with Crippen LogP contribution >= 0.6 is 0 Å². The van der Waals surface area contributed by atoms with Gasteiger partial charge < -0.3 is 15.5 Å². The van der Waals surface area contributed by atoms with E-state index in [1.54, 1.807) is 4.90 Å². The van der Waals surface area contributed by atoms with Crippen LogP contribution in [0.5, 0.6) is 0 Å². The first-order valence-corrected chi connectivity index (χ1v) is 7.71. The van der Waals surface area contributed by atoms with Gasteiger partial charge >= 0.3 is 11.8 Å². The largest absolute Gasteiger partial charge is 0.346 e. The van der Waals surface area contributed by atoms with E-state index in [1.807, 2.05) is 24.3 Å². The first-order chi connectivity index (χ1) is 11.0. The van der Waals surface area contributed by atoms with Crippen LogP contribution in [0.3, 0.4) is 0 Å². The molecule has 0 saturated carbocycles. The predicted molar refractivity (Wildman–Crippen MR) is 84.5 cm³/mol. The summed E-state index contributed by atoms with van der Waals surface area (Å²) in [5.41, 5.74) is 1.86. The fourth-order valence-corrected chi connectivity index (χ4v) is 3.13. The van der Waals surface area contributed by atoms with E-state index in [1.165, 1.54) is 6.92 Å². The van der Waals surface area contributed by atoms with Crippen LogP contribution in [-0.2, 0) is 20.9 Å². The smallest absolute Gasteiger partial charge is 0.312 e. The van der Waals surface area contributed by atoms with Crippen LogP contribution in [0.15, 0.2) is 24.3 Å². The molecule has 1 atom stereocenters. The van der Waals surface area contributed by atoms with Gasteiger partial charge in [0.1, 0.15) is 0 Å². The zero-order chi connectivity index (χ0) is 16.4. The van der Waals surface area contributed by atoms with Crippen LogP contribution < -0.4 is 10.6 Å². The Kier molecular flexibility index (Phi) is 4.29. The molecular formula is C16H20N4O3. The third-order valence-corrected chi connectivity index (χ3v) is 4.24. The Labute approximate surface area is 134 Å². The molecule has 2 saturated heterocycles. The second-order valence-corrected chi connectivity index (χ2v) is 5.94. The number of carbonyl (C=O) groups is 3. The van der Waals surface area contributed by atoms with Gasteiger partial charge in [-0.2, -0.15) is 0 Å². The Balaban J connectivity index is 1.68. The molecule has 0 unspecified atom stereocenters. The molecule has 2 heterocycles. The van der Waals surface area contributed by atoms with E-state index in [-0.39, 0.29) is 11.9 Å². The molecule has 0 spiro atoms. The maximum atomic E-state index is 11.8. The molecule has 2 N–H and O–H groups in total. The summed E-state index contributed by atoms with van der Waals surface area (Å²) in [5.74, 6) is -1.03. The monoisotopic (exact) mass is 316 g/mol. The normalized spacial score (nSPS) is 21.6. The summed E-state index contributed by atoms with van der Waals surface area (Å²) in [6, 6.07) is 7.73. The van der Waals surface area contributed by atoms with Gasteiger partial charge in [-0.15, -0.1) is 0 Å². The Morgan fingerprint density at radius 1 is 1.30 bits per heavy atom. The highest BCUT2D eigenvalue weighted by Crippen LogP contribution is 2.20. The number of anilines is 1. The summed E-state index contributed by atoms with van der Waals surface area (Å²) in [6.45, 7) is 4.66. The molecule has 0 bridgehead atoms. The van der Waals surface area contributed by atoms with Crippen molar-refractivity contribution in [2.24, 2.45) is 0 Å².